The molecule has 0 unspecified atom stereocenters. The largest absolute Gasteiger partial charge is 0.454 e. The van der Waals surface area contributed by atoms with Gasteiger partial charge in [-0.1, -0.05) is 29.3 Å². The third-order valence-electron chi connectivity index (χ3n) is 3.39. The number of halogens is 2. The molecule has 0 fully saturated rings. The fourth-order valence-corrected chi connectivity index (χ4v) is 2.67. The third-order valence-corrected chi connectivity index (χ3v) is 3.93. The van der Waals surface area contributed by atoms with Gasteiger partial charge in [0.1, 0.15) is 0 Å². The van der Waals surface area contributed by atoms with Crippen LogP contribution in [0.1, 0.15) is 15.9 Å². The molecule has 0 saturated heterocycles. The van der Waals surface area contributed by atoms with Gasteiger partial charge >= 0.3 is 5.97 Å². The number of hydrogen-bond acceptors (Lipinski definition) is 5. The van der Waals surface area contributed by atoms with E-state index in [-0.39, 0.29) is 17.4 Å². The van der Waals surface area contributed by atoms with Gasteiger partial charge in [-0.25, -0.2) is 4.79 Å². The summed E-state index contributed by atoms with van der Waals surface area (Å²) in [5.41, 5.74) is 0.992. The van der Waals surface area contributed by atoms with E-state index in [1.807, 2.05) is 0 Å². The van der Waals surface area contributed by atoms with Gasteiger partial charge in [0.15, 0.2) is 18.1 Å². The highest BCUT2D eigenvalue weighted by Crippen LogP contribution is 2.32. The van der Waals surface area contributed by atoms with E-state index in [4.69, 9.17) is 37.4 Å². The number of Topliss-reactive ketones (excluding diaryl/α,β-unsaturated/α-hetero) is 1. The minimum atomic E-state index is -0.642. The minimum absolute atomic E-state index is 0.180. The Labute approximate surface area is 153 Å². The highest BCUT2D eigenvalue weighted by atomic mass is 35.5. The van der Waals surface area contributed by atoms with Crippen LogP contribution in [0, 0.1) is 0 Å². The van der Waals surface area contributed by atoms with Gasteiger partial charge in [-0.3, -0.25) is 4.79 Å². The summed E-state index contributed by atoms with van der Waals surface area (Å²) in [4.78, 5) is 23.8. The molecule has 1 aliphatic rings. The Morgan fingerprint density at radius 2 is 1.88 bits per heavy atom. The predicted molar refractivity (Wildman–Crippen MR) is 93.4 cm³/mol. The van der Waals surface area contributed by atoms with Gasteiger partial charge in [-0.2, -0.15) is 0 Å². The Morgan fingerprint density at radius 3 is 2.68 bits per heavy atom. The number of ketones is 1. The maximum Gasteiger partial charge on any atom is 0.331 e. The summed E-state index contributed by atoms with van der Waals surface area (Å²) in [7, 11) is 0. The first kappa shape index (κ1) is 17.3. The minimum Gasteiger partial charge on any atom is -0.454 e. The molecule has 25 heavy (non-hydrogen) atoms. The summed E-state index contributed by atoms with van der Waals surface area (Å²) in [5, 5.41) is 0.634. The van der Waals surface area contributed by atoms with Crippen LogP contribution in [0.2, 0.25) is 10.0 Å². The van der Waals surface area contributed by atoms with Crippen molar-refractivity contribution >= 4 is 41.0 Å². The zero-order valence-electron chi connectivity index (χ0n) is 12.8. The molecule has 128 valence electrons. The Balaban J connectivity index is 1.56. The zero-order chi connectivity index (χ0) is 17.8. The zero-order valence-corrected chi connectivity index (χ0v) is 14.3. The van der Waals surface area contributed by atoms with E-state index in [1.54, 1.807) is 30.3 Å². The van der Waals surface area contributed by atoms with Gasteiger partial charge in [0.2, 0.25) is 12.6 Å². The van der Waals surface area contributed by atoms with E-state index >= 15 is 0 Å². The molecule has 2 aromatic rings. The lowest BCUT2D eigenvalue weighted by Gasteiger charge is -2.04. The van der Waals surface area contributed by atoms with Gasteiger partial charge in [0.25, 0.3) is 0 Å². The normalized spacial score (nSPS) is 12.4. The summed E-state index contributed by atoms with van der Waals surface area (Å²) in [6.07, 6.45) is 2.79. The molecule has 0 bridgehead atoms. The first-order chi connectivity index (χ1) is 12.0. The lowest BCUT2D eigenvalue weighted by atomic mass is 10.1. The van der Waals surface area contributed by atoms with E-state index in [0.29, 0.717) is 16.5 Å². The molecule has 0 spiro atoms. The van der Waals surface area contributed by atoms with Crippen LogP contribution < -0.4 is 9.47 Å². The molecule has 0 N–H and O–H groups in total. The number of fused-ring (bicyclic) bond motifs is 1. The van der Waals surface area contributed by atoms with Gasteiger partial charge in [0.05, 0.1) is 5.02 Å². The third kappa shape index (κ3) is 4.32. The van der Waals surface area contributed by atoms with Crippen LogP contribution in [-0.4, -0.2) is 25.2 Å². The van der Waals surface area contributed by atoms with E-state index in [0.717, 1.165) is 5.56 Å². The van der Waals surface area contributed by atoms with Crippen molar-refractivity contribution in [1.82, 2.24) is 0 Å². The molecule has 0 aliphatic carbocycles. The molecular weight excluding hydrogens is 367 g/mol. The average molecular weight is 379 g/mol. The second kappa shape index (κ2) is 7.59. The van der Waals surface area contributed by atoms with E-state index in [2.05, 4.69) is 0 Å². The first-order valence-electron chi connectivity index (χ1n) is 7.25. The summed E-state index contributed by atoms with van der Waals surface area (Å²) < 4.78 is 15.4. The molecule has 0 saturated carbocycles. The fraction of sp³-hybridized carbons (Fsp3) is 0.111. The standard InChI is InChI=1S/C18H12Cl2O5/c19-12-3-4-13(14(20)8-12)15(21)9-23-18(22)6-2-11-1-5-16-17(7-11)25-10-24-16/h1-8H,9-10H2/b6-2+. The molecule has 0 atom stereocenters. The van der Waals surface area contributed by atoms with Crippen molar-refractivity contribution in [3.05, 3.63) is 63.6 Å². The smallest absolute Gasteiger partial charge is 0.331 e. The van der Waals surface area contributed by atoms with Crippen molar-refractivity contribution < 1.29 is 23.8 Å². The van der Waals surface area contributed by atoms with Crippen molar-refractivity contribution in [2.75, 3.05) is 13.4 Å². The second-order valence-electron chi connectivity index (χ2n) is 5.10. The summed E-state index contributed by atoms with van der Waals surface area (Å²) in [5.74, 6) is 0.218. The molecule has 3 rings (SSSR count). The maximum atomic E-state index is 12.0. The molecule has 0 aromatic heterocycles. The van der Waals surface area contributed by atoms with Crippen LogP contribution in [0.15, 0.2) is 42.5 Å². The Hall–Kier alpha value is -2.50. The van der Waals surface area contributed by atoms with Gasteiger partial charge in [0, 0.05) is 16.7 Å². The first-order valence-corrected chi connectivity index (χ1v) is 8.01. The summed E-state index contributed by atoms with van der Waals surface area (Å²) >= 11 is 11.7. The number of benzene rings is 2. The number of hydrogen-bond donors (Lipinski definition) is 0. The number of esters is 1. The number of carbonyl (C=O) groups excluding carboxylic acids is 2. The molecule has 5 nitrogen and oxygen atoms in total. The Bertz CT molecular complexity index is 861. The molecule has 0 radical (unpaired) electrons. The van der Waals surface area contributed by atoms with Crippen molar-refractivity contribution in [3.8, 4) is 11.5 Å². The van der Waals surface area contributed by atoms with Crippen molar-refractivity contribution in [2.24, 2.45) is 0 Å². The van der Waals surface area contributed by atoms with Gasteiger partial charge < -0.3 is 14.2 Å². The SMILES string of the molecule is O=C(/C=C/c1ccc2c(c1)OCO2)OCC(=O)c1ccc(Cl)cc1Cl. The monoisotopic (exact) mass is 378 g/mol. The van der Waals surface area contributed by atoms with Gasteiger partial charge in [-0.15, -0.1) is 0 Å². The van der Waals surface area contributed by atoms with Crippen LogP contribution in [0.25, 0.3) is 6.08 Å². The van der Waals surface area contributed by atoms with Crippen LogP contribution in [0.4, 0.5) is 0 Å². The fourth-order valence-electron chi connectivity index (χ4n) is 2.16. The predicted octanol–water partition coefficient (Wildman–Crippen LogP) is 4.16. The van der Waals surface area contributed by atoms with Crippen molar-refractivity contribution in [1.29, 1.82) is 0 Å². The van der Waals surface area contributed by atoms with Crippen molar-refractivity contribution in [3.63, 3.8) is 0 Å². The molecule has 7 heteroatoms. The van der Waals surface area contributed by atoms with Crippen LogP contribution in [0.3, 0.4) is 0 Å². The quantitative estimate of drug-likeness (QED) is 0.444. The number of ether oxygens (including phenoxy) is 3. The highest BCUT2D eigenvalue weighted by Gasteiger charge is 2.14. The maximum absolute atomic E-state index is 12.0. The lowest BCUT2D eigenvalue weighted by Crippen LogP contribution is -2.13. The van der Waals surface area contributed by atoms with E-state index in [1.165, 1.54) is 18.2 Å². The molecule has 0 amide bonds. The van der Waals surface area contributed by atoms with E-state index in [9.17, 15) is 9.59 Å². The van der Waals surface area contributed by atoms with Crippen LogP contribution in [-0.2, 0) is 9.53 Å². The number of rotatable bonds is 5. The lowest BCUT2D eigenvalue weighted by molar-refractivity contribution is -0.136. The Morgan fingerprint density at radius 1 is 1.08 bits per heavy atom. The Kier molecular flexibility index (Phi) is 5.26. The highest BCUT2D eigenvalue weighted by molar-refractivity contribution is 6.36. The van der Waals surface area contributed by atoms with Crippen LogP contribution in [0.5, 0.6) is 11.5 Å². The topological polar surface area (TPSA) is 61.8 Å². The van der Waals surface area contributed by atoms with E-state index < -0.39 is 18.4 Å². The summed E-state index contributed by atoms with van der Waals surface area (Å²) in [6, 6.07) is 9.75. The molecule has 2 aromatic carbocycles. The van der Waals surface area contributed by atoms with Crippen molar-refractivity contribution in [2.45, 2.75) is 0 Å². The van der Waals surface area contributed by atoms with Gasteiger partial charge in [-0.05, 0) is 42.0 Å². The molecule has 1 aliphatic heterocycles. The molecular formula is C18H12Cl2O5. The second-order valence-corrected chi connectivity index (χ2v) is 5.94. The summed E-state index contributed by atoms with van der Waals surface area (Å²) in [6.45, 7) is -0.231. The average Bonchev–Trinajstić information content (AvgIpc) is 3.05. The number of carbonyl (C=O) groups is 2. The van der Waals surface area contributed by atoms with Crippen LogP contribution >= 0.6 is 23.2 Å². The molecule has 1 heterocycles.